The van der Waals surface area contributed by atoms with Crippen LogP contribution in [0.15, 0.2) is 54.7 Å². The van der Waals surface area contributed by atoms with E-state index in [0.29, 0.717) is 5.69 Å². The zero-order valence-electron chi connectivity index (χ0n) is 12.6. The summed E-state index contributed by atoms with van der Waals surface area (Å²) in [5.74, 6) is -0.767. The summed E-state index contributed by atoms with van der Waals surface area (Å²) in [7, 11) is 0. The normalized spacial score (nSPS) is 10.4. The Bertz CT molecular complexity index is 1000. The highest BCUT2D eigenvalue weighted by molar-refractivity contribution is 6.16. The van der Waals surface area contributed by atoms with Crippen LogP contribution in [0.25, 0.3) is 10.9 Å². The van der Waals surface area contributed by atoms with Gasteiger partial charge in [0.25, 0.3) is 17.3 Å². The number of rotatable bonds is 4. The Kier molecular flexibility index (Phi) is 4.04. The maximum Gasteiger partial charge on any atom is 0.291 e. The second kappa shape index (κ2) is 6.32. The molecular formula is C16H10N4O5. The molecule has 9 nitrogen and oxygen atoms in total. The Balaban J connectivity index is 2.24. The summed E-state index contributed by atoms with van der Waals surface area (Å²) in [5, 5.41) is 25.2. The third-order valence-electron chi connectivity index (χ3n) is 3.50. The number of nitrogens with one attached hydrogen (secondary N) is 1. The van der Waals surface area contributed by atoms with Crippen LogP contribution in [0, 0.1) is 20.2 Å². The van der Waals surface area contributed by atoms with E-state index < -0.39 is 27.1 Å². The molecule has 124 valence electrons. The van der Waals surface area contributed by atoms with Crippen molar-refractivity contribution < 1.29 is 14.6 Å². The number of pyridine rings is 1. The molecule has 25 heavy (non-hydrogen) atoms. The first-order valence-electron chi connectivity index (χ1n) is 7.06. The minimum absolute atomic E-state index is 0.0521. The number of nitrogens with zero attached hydrogens (tertiary/aromatic N) is 3. The molecule has 3 aromatic rings. The number of anilines is 1. The summed E-state index contributed by atoms with van der Waals surface area (Å²) in [6.07, 6.45) is 1.31. The molecule has 0 aliphatic rings. The lowest BCUT2D eigenvalue weighted by Gasteiger charge is -2.08. The summed E-state index contributed by atoms with van der Waals surface area (Å²) >= 11 is 0. The summed E-state index contributed by atoms with van der Waals surface area (Å²) in [4.78, 5) is 37.6. The highest BCUT2D eigenvalue weighted by Crippen LogP contribution is 2.34. The van der Waals surface area contributed by atoms with Crippen LogP contribution in [-0.2, 0) is 0 Å². The molecule has 1 amide bonds. The van der Waals surface area contributed by atoms with Gasteiger partial charge >= 0.3 is 0 Å². The number of hydrogen-bond donors (Lipinski definition) is 1. The van der Waals surface area contributed by atoms with Crippen LogP contribution in [0.5, 0.6) is 0 Å². The molecular weight excluding hydrogens is 328 g/mol. The summed E-state index contributed by atoms with van der Waals surface area (Å²) < 4.78 is 0. The van der Waals surface area contributed by atoms with Gasteiger partial charge in [-0.2, -0.15) is 0 Å². The number of para-hydroxylation sites is 1. The Hall–Kier alpha value is -3.88. The molecule has 0 saturated heterocycles. The third kappa shape index (κ3) is 2.98. The average Bonchev–Trinajstić information content (AvgIpc) is 2.60. The van der Waals surface area contributed by atoms with Crippen LogP contribution in [0.1, 0.15) is 10.4 Å². The highest BCUT2D eigenvalue weighted by atomic mass is 16.6. The number of hydrogen-bond acceptors (Lipinski definition) is 6. The third-order valence-corrected chi connectivity index (χ3v) is 3.50. The fourth-order valence-electron chi connectivity index (χ4n) is 2.45. The molecule has 0 unspecified atom stereocenters. The van der Waals surface area contributed by atoms with Crippen LogP contribution in [0.2, 0.25) is 0 Å². The molecule has 3 rings (SSSR count). The van der Waals surface area contributed by atoms with Gasteiger partial charge in [0.2, 0.25) is 0 Å². The van der Waals surface area contributed by atoms with E-state index in [4.69, 9.17) is 0 Å². The average molecular weight is 338 g/mol. The van der Waals surface area contributed by atoms with E-state index in [1.165, 1.54) is 18.3 Å². The number of aromatic nitrogens is 1. The second-order valence-electron chi connectivity index (χ2n) is 5.02. The first kappa shape index (κ1) is 16.0. The fourth-order valence-corrected chi connectivity index (χ4v) is 2.45. The van der Waals surface area contributed by atoms with E-state index in [1.807, 2.05) is 0 Å². The Morgan fingerprint density at radius 3 is 2.28 bits per heavy atom. The van der Waals surface area contributed by atoms with Crippen molar-refractivity contribution in [3.05, 3.63) is 80.5 Å². The SMILES string of the molecule is O=C(Nc1ccccc1)c1c([N+](=O)[O-])cc([N+](=O)[O-])c2cccnc12. The molecule has 2 aromatic carbocycles. The summed E-state index contributed by atoms with van der Waals surface area (Å²) in [5.41, 5.74) is -1.14. The molecule has 0 aliphatic heterocycles. The quantitative estimate of drug-likeness (QED) is 0.574. The smallest absolute Gasteiger partial charge is 0.291 e. The van der Waals surface area contributed by atoms with Gasteiger partial charge in [0.15, 0.2) is 0 Å². The lowest BCUT2D eigenvalue weighted by atomic mass is 10.0. The van der Waals surface area contributed by atoms with Gasteiger partial charge in [-0.05, 0) is 24.3 Å². The Morgan fingerprint density at radius 2 is 1.64 bits per heavy atom. The van der Waals surface area contributed by atoms with Crippen molar-refractivity contribution in [1.29, 1.82) is 0 Å². The minimum atomic E-state index is -0.832. The van der Waals surface area contributed by atoms with Gasteiger partial charge in [0.1, 0.15) is 5.56 Å². The fraction of sp³-hybridized carbons (Fsp3) is 0. The first-order chi connectivity index (χ1) is 12.0. The van der Waals surface area contributed by atoms with Gasteiger partial charge in [-0.1, -0.05) is 18.2 Å². The highest BCUT2D eigenvalue weighted by Gasteiger charge is 2.30. The van der Waals surface area contributed by atoms with Crippen LogP contribution < -0.4 is 5.32 Å². The molecule has 9 heteroatoms. The number of non-ortho nitro benzene ring substituents is 1. The molecule has 0 saturated carbocycles. The molecule has 0 radical (unpaired) electrons. The van der Waals surface area contributed by atoms with Gasteiger partial charge in [0.05, 0.1) is 26.8 Å². The molecule has 1 aromatic heterocycles. The van der Waals surface area contributed by atoms with Crippen molar-refractivity contribution in [1.82, 2.24) is 4.98 Å². The Morgan fingerprint density at radius 1 is 0.960 bits per heavy atom. The predicted octanol–water partition coefficient (Wildman–Crippen LogP) is 3.30. The lowest BCUT2D eigenvalue weighted by Crippen LogP contribution is -2.15. The molecule has 1 heterocycles. The van der Waals surface area contributed by atoms with Gasteiger partial charge in [0, 0.05) is 11.9 Å². The summed E-state index contributed by atoms with van der Waals surface area (Å²) in [6, 6.07) is 12.0. The van der Waals surface area contributed by atoms with Gasteiger partial charge < -0.3 is 5.32 Å². The molecule has 0 bridgehead atoms. The number of carbonyl (C=O) groups excluding carboxylic acids is 1. The van der Waals surface area contributed by atoms with Gasteiger partial charge in [-0.3, -0.25) is 30.0 Å². The van der Waals surface area contributed by atoms with Crippen molar-refractivity contribution in [3.8, 4) is 0 Å². The number of nitro benzene ring substituents is 2. The topological polar surface area (TPSA) is 128 Å². The van der Waals surface area contributed by atoms with Crippen molar-refractivity contribution in [2.75, 3.05) is 5.32 Å². The van der Waals surface area contributed by atoms with Crippen molar-refractivity contribution in [2.24, 2.45) is 0 Å². The second-order valence-corrected chi connectivity index (χ2v) is 5.02. The molecule has 1 N–H and O–H groups in total. The number of nitro groups is 2. The first-order valence-corrected chi connectivity index (χ1v) is 7.06. The van der Waals surface area contributed by atoms with E-state index in [2.05, 4.69) is 10.3 Å². The van der Waals surface area contributed by atoms with E-state index in [0.717, 1.165) is 6.07 Å². The van der Waals surface area contributed by atoms with Crippen LogP contribution in [0.4, 0.5) is 17.1 Å². The van der Waals surface area contributed by atoms with Gasteiger partial charge in [-0.15, -0.1) is 0 Å². The maximum atomic E-state index is 12.6. The molecule has 0 aliphatic carbocycles. The zero-order valence-corrected chi connectivity index (χ0v) is 12.6. The van der Waals surface area contributed by atoms with E-state index in [-0.39, 0.29) is 16.5 Å². The number of fused-ring (bicyclic) bond motifs is 1. The van der Waals surface area contributed by atoms with Crippen LogP contribution in [-0.4, -0.2) is 20.7 Å². The van der Waals surface area contributed by atoms with Gasteiger partial charge in [-0.25, -0.2) is 0 Å². The zero-order chi connectivity index (χ0) is 18.0. The van der Waals surface area contributed by atoms with Crippen molar-refractivity contribution >= 4 is 33.9 Å². The minimum Gasteiger partial charge on any atom is -0.322 e. The molecule has 0 spiro atoms. The molecule has 0 fully saturated rings. The number of benzene rings is 2. The Labute approximate surface area is 140 Å². The van der Waals surface area contributed by atoms with Crippen molar-refractivity contribution in [2.45, 2.75) is 0 Å². The summed E-state index contributed by atoms with van der Waals surface area (Å²) in [6.45, 7) is 0. The maximum absolute atomic E-state index is 12.6. The predicted molar refractivity (Wildman–Crippen MR) is 89.4 cm³/mol. The lowest BCUT2D eigenvalue weighted by molar-refractivity contribution is -0.393. The van der Waals surface area contributed by atoms with Crippen molar-refractivity contribution in [3.63, 3.8) is 0 Å². The number of carbonyl (C=O) groups is 1. The van der Waals surface area contributed by atoms with Crippen LogP contribution >= 0.6 is 0 Å². The van der Waals surface area contributed by atoms with E-state index in [9.17, 15) is 25.0 Å². The number of amides is 1. The van der Waals surface area contributed by atoms with E-state index >= 15 is 0 Å². The van der Waals surface area contributed by atoms with Crippen LogP contribution in [0.3, 0.4) is 0 Å². The monoisotopic (exact) mass is 338 g/mol. The largest absolute Gasteiger partial charge is 0.322 e. The molecule has 0 atom stereocenters. The standard InChI is InChI=1S/C16H10N4O5/c21-16(18-10-5-2-1-3-6-10)14-13(20(24)25)9-12(19(22)23)11-7-4-8-17-15(11)14/h1-9H,(H,18,21). The van der Waals surface area contributed by atoms with E-state index in [1.54, 1.807) is 30.3 Å².